The molecule has 16 heavy (non-hydrogen) atoms. The van der Waals surface area contributed by atoms with E-state index in [0.29, 0.717) is 15.9 Å². The van der Waals surface area contributed by atoms with E-state index in [1.165, 1.54) is 6.07 Å². The van der Waals surface area contributed by atoms with Gasteiger partial charge in [0.25, 0.3) is 0 Å². The van der Waals surface area contributed by atoms with Gasteiger partial charge in [-0.05, 0) is 28.1 Å². The Morgan fingerprint density at radius 2 is 2.06 bits per heavy atom. The van der Waals surface area contributed by atoms with Gasteiger partial charge in [0, 0.05) is 26.2 Å². The van der Waals surface area contributed by atoms with Crippen LogP contribution in [0, 0.1) is 5.82 Å². The first-order valence-corrected chi connectivity index (χ1v) is 6.01. The first-order valence-electron chi connectivity index (χ1n) is 5.21. The third kappa shape index (κ3) is 2.15. The van der Waals surface area contributed by atoms with E-state index in [9.17, 15) is 4.39 Å². The van der Waals surface area contributed by atoms with Crippen molar-refractivity contribution in [3.63, 3.8) is 0 Å². The highest BCUT2D eigenvalue weighted by Gasteiger charge is 2.19. The molecule has 1 aromatic rings. The van der Waals surface area contributed by atoms with Crippen LogP contribution in [-0.2, 0) is 0 Å². The molecule has 0 radical (unpaired) electrons. The first-order chi connectivity index (χ1) is 7.74. The van der Waals surface area contributed by atoms with E-state index in [-0.39, 0.29) is 5.82 Å². The minimum Gasteiger partial charge on any atom is -0.495 e. The summed E-state index contributed by atoms with van der Waals surface area (Å²) in [7, 11) is 1.58. The zero-order valence-electron chi connectivity index (χ0n) is 9.09. The van der Waals surface area contributed by atoms with Gasteiger partial charge >= 0.3 is 0 Å². The number of hydrogen-bond donors (Lipinski definition) is 1. The number of piperazine rings is 1. The smallest absolute Gasteiger partial charge is 0.147 e. The predicted octanol–water partition coefficient (Wildman–Crippen LogP) is 2.01. The Balaban J connectivity index is 2.37. The number of benzene rings is 1. The standard InChI is InChI=1S/C11H14BrFN2O/c1-16-9-3-2-8(13)11(10(9)12)15-6-4-14-5-7-15/h2-3,14H,4-7H2,1H3. The summed E-state index contributed by atoms with van der Waals surface area (Å²) >= 11 is 3.40. The fraction of sp³-hybridized carbons (Fsp3) is 0.455. The number of halogens is 2. The Morgan fingerprint density at radius 1 is 1.38 bits per heavy atom. The number of anilines is 1. The number of nitrogens with zero attached hydrogens (tertiary/aromatic N) is 1. The number of nitrogens with one attached hydrogen (secondary N) is 1. The average molecular weight is 289 g/mol. The van der Waals surface area contributed by atoms with Crippen molar-refractivity contribution in [3.8, 4) is 5.75 Å². The van der Waals surface area contributed by atoms with Crippen LogP contribution in [0.1, 0.15) is 0 Å². The quantitative estimate of drug-likeness (QED) is 0.901. The summed E-state index contributed by atoms with van der Waals surface area (Å²) in [6.07, 6.45) is 0. The minimum atomic E-state index is -0.213. The van der Waals surface area contributed by atoms with Gasteiger partial charge < -0.3 is 15.0 Å². The molecule has 1 N–H and O–H groups in total. The number of rotatable bonds is 2. The molecule has 88 valence electrons. The molecule has 1 heterocycles. The molecular formula is C11H14BrFN2O. The van der Waals surface area contributed by atoms with Crippen LogP contribution in [-0.4, -0.2) is 33.3 Å². The van der Waals surface area contributed by atoms with E-state index in [4.69, 9.17) is 4.74 Å². The van der Waals surface area contributed by atoms with Gasteiger partial charge in [-0.3, -0.25) is 0 Å². The Labute approximate surface area is 103 Å². The molecule has 1 aliphatic heterocycles. The molecule has 0 spiro atoms. The van der Waals surface area contributed by atoms with Crippen molar-refractivity contribution in [3.05, 3.63) is 22.4 Å². The first kappa shape index (κ1) is 11.7. The molecule has 0 unspecified atom stereocenters. The second-order valence-electron chi connectivity index (χ2n) is 3.65. The minimum absolute atomic E-state index is 0.213. The fourth-order valence-corrected chi connectivity index (χ4v) is 2.59. The Kier molecular flexibility index (Phi) is 3.66. The van der Waals surface area contributed by atoms with Gasteiger partial charge in [0.15, 0.2) is 0 Å². The molecule has 1 aromatic carbocycles. The summed E-state index contributed by atoms with van der Waals surface area (Å²) in [6.45, 7) is 3.37. The summed E-state index contributed by atoms with van der Waals surface area (Å²) < 4.78 is 19.7. The van der Waals surface area contributed by atoms with Gasteiger partial charge in [-0.15, -0.1) is 0 Å². The van der Waals surface area contributed by atoms with Gasteiger partial charge in [-0.25, -0.2) is 4.39 Å². The number of hydrogen-bond acceptors (Lipinski definition) is 3. The Hall–Kier alpha value is -0.810. The van der Waals surface area contributed by atoms with Crippen molar-refractivity contribution in [1.29, 1.82) is 0 Å². The lowest BCUT2D eigenvalue weighted by molar-refractivity contribution is 0.410. The molecule has 0 bridgehead atoms. The van der Waals surface area contributed by atoms with Crippen molar-refractivity contribution in [2.75, 3.05) is 38.2 Å². The SMILES string of the molecule is COc1ccc(F)c(N2CCNCC2)c1Br. The molecule has 1 saturated heterocycles. The number of methoxy groups -OCH3 is 1. The number of ether oxygens (including phenoxy) is 1. The largest absolute Gasteiger partial charge is 0.495 e. The van der Waals surface area contributed by atoms with Crippen molar-refractivity contribution in [2.24, 2.45) is 0 Å². The summed E-state index contributed by atoms with van der Waals surface area (Å²) in [5.74, 6) is 0.449. The van der Waals surface area contributed by atoms with Gasteiger partial charge in [0.1, 0.15) is 11.6 Å². The maximum atomic E-state index is 13.8. The van der Waals surface area contributed by atoms with Gasteiger partial charge in [0.2, 0.25) is 0 Å². The Bertz CT molecular complexity index is 380. The molecular weight excluding hydrogens is 275 g/mol. The zero-order chi connectivity index (χ0) is 11.5. The van der Waals surface area contributed by atoms with Crippen LogP contribution < -0.4 is 15.0 Å². The molecule has 1 aliphatic rings. The van der Waals surface area contributed by atoms with Crippen LogP contribution in [0.2, 0.25) is 0 Å². The highest BCUT2D eigenvalue weighted by Crippen LogP contribution is 2.37. The zero-order valence-corrected chi connectivity index (χ0v) is 10.7. The van der Waals surface area contributed by atoms with Crippen LogP contribution in [0.4, 0.5) is 10.1 Å². The molecule has 2 rings (SSSR count). The highest BCUT2D eigenvalue weighted by molar-refractivity contribution is 9.10. The van der Waals surface area contributed by atoms with E-state index in [1.54, 1.807) is 13.2 Å². The van der Waals surface area contributed by atoms with Crippen LogP contribution >= 0.6 is 15.9 Å². The molecule has 0 saturated carbocycles. The van der Waals surface area contributed by atoms with Crippen molar-refractivity contribution in [2.45, 2.75) is 0 Å². The summed E-state index contributed by atoms with van der Waals surface area (Å²) in [6, 6.07) is 3.08. The second-order valence-corrected chi connectivity index (χ2v) is 4.44. The molecule has 0 atom stereocenters. The van der Waals surface area contributed by atoms with E-state index in [1.807, 2.05) is 4.90 Å². The van der Waals surface area contributed by atoms with Crippen LogP contribution in [0.25, 0.3) is 0 Å². The maximum Gasteiger partial charge on any atom is 0.147 e. The van der Waals surface area contributed by atoms with Gasteiger partial charge in [-0.1, -0.05) is 0 Å². The van der Waals surface area contributed by atoms with Crippen LogP contribution in [0.15, 0.2) is 16.6 Å². The highest BCUT2D eigenvalue weighted by atomic mass is 79.9. The van der Waals surface area contributed by atoms with Crippen molar-refractivity contribution in [1.82, 2.24) is 5.32 Å². The monoisotopic (exact) mass is 288 g/mol. The summed E-state index contributed by atoms with van der Waals surface area (Å²) in [5.41, 5.74) is 0.598. The van der Waals surface area contributed by atoms with Crippen molar-refractivity contribution < 1.29 is 9.13 Å². The topological polar surface area (TPSA) is 24.5 Å². The summed E-state index contributed by atoms with van der Waals surface area (Å²) in [5, 5.41) is 3.24. The fourth-order valence-electron chi connectivity index (χ4n) is 1.86. The van der Waals surface area contributed by atoms with Crippen LogP contribution in [0.5, 0.6) is 5.75 Å². The molecule has 5 heteroatoms. The lowest BCUT2D eigenvalue weighted by Gasteiger charge is -2.30. The second kappa shape index (κ2) is 5.01. The van der Waals surface area contributed by atoms with E-state index in [0.717, 1.165) is 26.2 Å². The summed E-state index contributed by atoms with van der Waals surface area (Å²) in [4.78, 5) is 2.03. The molecule has 0 amide bonds. The normalized spacial score (nSPS) is 16.3. The third-order valence-corrected chi connectivity index (χ3v) is 3.45. The average Bonchev–Trinajstić information content (AvgIpc) is 2.31. The molecule has 0 aliphatic carbocycles. The van der Waals surface area contributed by atoms with E-state index >= 15 is 0 Å². The predicted molar refractivity (Wildman–Crippen MR) is 65.7 cm³/mol. The third-order valence-electron chi connectivity index (χ3n) is 2.68. The molecule has 3 nitrogen and oxygen atoms in total. The maximum absolute atomic E-state index is 13.8. The van der Waals surface area contributed by atoms with Crippen molar-refractivity contribution >= 4 is 21.6 Å². The molecule has 1 fully saturated rings. The van der Waals surface area contributed by atoms with E-state index in [2.05, 4.69) is 21.2 Å². The lowest BCUT2D eigenvalue weighted by atomic mass is 10.2. The van der Waals surface area contributed by atoms with Crippen LogP contribution in [0.3, 0.4) is 0 Å². The Morgan fingerprint density at radius 3 is 2.69 bits per heavy atom. The van der Waals surface area contributed by atoms with E-state index < -0.39 is 0 Å². The lowest BCUT2D eigenvalue weighted by Crippen LogP contribution is -2.44. The van der Waals surface area contributed by atoms with Gasteiger partial charge in [-0.2, -0.15) is 0 Å². The van der Waals surface area contributed by atoms with Gasteiger partial charge in [0.05, 0.1) is 17.3 Å². The molecule has 0 aromatic heterocycles.